The third kappa shape index (κ3) is 2.61. The quantitative estimate of drug-likeness (QED) is 0.762. The van der Waals surface area contributed by atoms with Gasteiger partial charge in [0.05, 0.1) is 14.2 Å². The summed E-state index contributed by atoms with van der Waals surface area (Å²) in [5, 5.41) is 0. The standard InChI is InChI=1S/C11H18N2O2/c1-14-10-5-3-4-8(11(10)15-2)9(13)6-7-12/h3-5,9H,6-7,12-13H2,1-2H3/t9-/m1/s1. The summed E-state index contributed by atoms with van der Waals surface area (Å²) in [6.45, 7) is 0.557. The molecule has 1 aromatic rings. The molecule has 0 radical (unpaired) electrons. The van der Waals surface area contributed by atoms with Crippen LogP contribution in [0.3, 0.4) is 0 Å². The van der Waals surface area contributed by atoms with Crippen molar-refractivity contribution in [3.05, 3.63) is 23.8 Å². The first-order valence-corrected chi connectivity index (χ1v) is 4.91. The molecule has 0 saturated heterocycles. The normalized spacial score (nSPS) is 12.3. The van der Waals surface area contributed by atoms with Crippen LogP contribution in [0, 0.1) is 0 Å². The molecule has 0 aromatic heterocycles. The molecule has 4 nitrogen and oxygen atoms in total. The molecule has 0 fully saturated rings. The fourth-order valence-electron chi connectivity index (χ4n) is 1.54. The van der Waals surface area contributed by atoms with Gasteiger partial charge in [-0.3, -0.25) is 0 Å². The number of para-hydroxylation sites is 1. The monoisotopic (exact) mass is 210 g/mol. The largest absolute Gasteiger partial charge is 0.493 e. The van der Waals surface area contributed by atoms with Crippen molar-refractivity contribution in [2.75, 3.05) is 20.8 Å². The van der Waals surface area contributed by atoms with E-state index < -0.39 is 0 Å². The molecule has 1 atom stereocenters. The molecule has 0 bridgehead atoms. The maximum Gasteiger partial charge on any atom is 0.165 e. The molecule has 4 heteroatoms. The van der Waals surface area contributed by atoms with Crippen LogP contribution in [0.4, 0.5) is 0 Å². The first-order chi connectivity index (χ1) is 7.24. The fraction of sp³-hybridized carbons (Fsp3) is 0.455. The summed E-state index contributed by atoms with van der Waals surface area (Å²) in [7, 11) is 3.21. The SMILES string of the molecule is COc1cccc([C@H](N)CCN)c1OC. The molecule has 0 saturated carbocycles. The zero-order chi connectivity index (χ0) is 11.3. The summed E-state index contributed by atoms with van der Waals surface area (Å²) in [5.74, 6) is 1.39. The van der Waals surface area contributed by atoms with E-state index in [0.29, 0.717) is 18.0 Å². The summed E-state index contributed by atoms with van der Waals surface area (Å²) < 4.78 is 10.5. The second kappa shape index (κ2) is 5.58. The Bertz CT molecular complexity index is 315. The zero-order valence-electron chi connectivity index (χ0n) is 9.19. The Morgan fingerprint density at radius 2 is 2.00 bits per heavy atom. The first-order valence-electron chi connectivity index (χ1n) is 4.91. The lowest BCUT2D eigenvalue weighted by Gasteiger charge is -2.17. The van der Waals surface area contributed by atoms with Crippen molar-refractivity contribution in [1.29, 1.82) is 0 Å². The van der Waals surface area contributed by atoms with E-state index >= 15 is 0 Å². The second-order valence-corrected chi connectivity index (χ2v) is 3.27. The van der Waals surface area contributed by atoms with Crippen LogP contribution >= 0.6 is 0 Å². The van der Waals surface area contributed by atoms with Gasteiger partial charge in [0.25, 0.3) is 0 Å². The van der Waals surface area contributed by atoms with Gasteiger partial charge in [-0.25, -0.2) is 0 Å². The molecule has 1 rings (SSSR count). The molecule has 0 aliphatic carbocycles. The maximum absolute atomic E-state index is 5.99. The van der Waals surface area contributed by atoms with Crippen LogP contribution in [0.1, 0.15) is 18.0 Å². The van der Waals surface area contributed by atoms with E-state index in [1.807, 2.05) is 18.2 Å². The number of ether oxygens (including phenoxy) is 2. The molecule has 4 N–H and O–H groups in total. The van der Waals surface area contributed by atoms with E-state index in [1.165, 1.54) is 0 Å². The highest BCUT2D eigenvalue weighted by Crippen LogP contribution is 2.34. The molecular weight excluding hydrogens is 192 g/mol. The molecule has 0 amide bonds. The van der Waals surface area contributed by atoms with Gasteiger partial charge in [-0.15, -0.1) is 0 Å². The van der Waals surface area contributed by atoms with Crippen molar-refractivity contribution in [1.82, 2.24) is 0 Å². The van der Waals surface area contributed by atoms with Crippen molar-refractivity contribution < 1.29 is 9.47 Å². The Morgan fingerprint density at radius 1 is 1.27 bits per heavy atom. The van der Waals surface area contributed by atoms with E-state index in [-0.39, 0.29) is 6.04 Å². The molecule has 1 aromatic carbocycles. The molecule has 15 heavy (non-hydrogen) atoms. The molecule has 0 aliphatic rings. The molecule has 84 valence electrons. The van der Waals surface area contributed by atoms with Crippen molar-refractivity contribution in [3.63, 3.8) is 0 Å². The topological polar surface area (TPSA) is 70.5 Å². The highest BCUT2D eigenvalue weighted by Gasteiger charge is 2.14. The predicted octanol–water partition coefficient (Wildman–Crippen LogP) is 1.05. The summed E-state index contributed by atoms with van der Waals surface area (Å²) in [6.07, 6.45) is 0.726. The van der Waals surface area contributed by atoms with Gasteiger partial charge in [-0.1, -0.05) is 12.1 Å². The van der Waals surface area contributed by atoms with Gasteiger partial charge in [0.15, 0.2) is 11.5 Å². The van der Waals surface area contributed by atoms with Crippen molar-refractivity contribution >= 4 is 0 Å². The first kappa shape index (κ1) is 11.8. The van der Waals surface area contributed by atoms with Gasteiger partial charge in [0.2, 0.25) is 0 Å². The number of hydrogen-bond donors (Lipinski definition) is 2. The average Bonchev–Trinajstić information content (AvgIpc) is 2.28. The van der Waals surface area contributed by atoms with Gasteiger partial charge < -0.3 is 20.9 Å². The second-order valence-electron chi connectivity index (χ2n) is 3.27. The van der Waals surface area contributed by atoms with Gasteiger partial charge >= 0.3 is 0 Å². The van der Waals surface area contributed by atoms with E-state index in [4.69, 9.17) is 20.9 Å². The average molecular weight is 210 g/mol. The fourth-order valence-corrected chi connectivity index (χ4v) is 1.54. The Kier molecular flexibility index (Phi) is 4.39. The van der Waals surface area contributed by atoms with Crippen molar-refractivity contribution in [3.8, 4) is 11.5 Å². The number of hydrogen-bond acceptors (Lipinski definition) is 4. The Hall–Kier alpha value is -1.26. The minimum absolute atomic E-state index is 0.111. The number of benzene rings is 1. The van der Waals surface area contributed by atoms with Crippen LogP contribution in [0.5, 0.6) is 11.5 Å². The van der Waals surface area contributed by atoms with Crippen LogP contribution in [0.2, 0.25) is 0 Å². The summed E-state index contributed by atoms with van der Waals surface area (Å²) in [6, 6.07) is 5.56. The highest BCUT2D eigenvalue weighted by molar-refractivity contribution is 5.47. The van der Waals surface area contributed by atoms with Crippen molar-refractivity contribution in [2.45, 2.75) is 12.5 Å². The predicted molar refractivity (Wildman–Crippen MR) is 60.1 cm³/mol. The maximum atomic E-state index is 5.99. The Morgan fingerprint density at radius 3 is 2.53 bits per heavy atom. The number of rotatable bonds is 5. The zero-order valence-corrected chi connectivity index (χ0v) is 9.19. The lowest BCUT2D eigenvalue weighted by Crippen LogP contribution is -2.16. The van der Waals surface area contributed by atoms with E-state index in [1.54, 1.807) is 14.2 Å². The minimum Gasteiger partial charge on any atom is -0.493 e. The molecule has 0 aliphatic heterocycles. The van der Waals surface area contributed by atoms with Gasteiger partial charge in [-0.05, 0) is 19.0 Å². The van der Waals surface area contributed by atoms with E-state index in [2.05, 4.69) is 0 Å². The van der Waals surface area contributed by atoms with Crippen LogP contribution in [-0.4, -0.2) is 20.8 Å². The van der Waals surface area contributed by atoms with Gasteiger partial charge in [0, 0.05) is 11.6 Å². The summed E-state index contributed by atoms with van der Waals surface area (Å²) >= 11 is 0. The molecular formula is C11H18N2O2. The third-order valence-electron chi connectivity index (χ3n) is 2.31. The molecule has 0 heterocycles. The molecule has 0 spiro atoms. The van der Waals surface area contributed by atoms with Crippen LogP contribution in [-0.2, 0) is 0 Å². The van der Waals surface area contributed by atoms with E-state index in [0.717, 1.165) is 12.0 Å². The number of nitrogens with two attached hydrogens (primary N) is 2. The third-order valence-corrected chi connectivity index (χ3v) is 2.31. The van der Waals surface area contributed by atoms with Crippen LogP contribution in [0.15, 0.2) is 18.2 Å². The summed E-state index contributed by atoms with van der Waals surface area (Å²) in [5.41, 5.74) is 12.4. The Balaban J connectivity index is 3.05. The van der Waals surface area contributed by atoms with Gasteiger partial charge in [0.1, 0.15) is 0 Å². The van der Waals surface area contributed by atoms with Gasteiger partial charge in [-0.2, -0.15) is 0 Å². The minimum atomic E-state index is -0.111. The lowest BCUT2D eigenvalue weighted by atomic mass is 10.0. The highest BCUT2D eigenvalue weighted by atomic mass is 16.5. The van der Waals surface area contributed by atoms with Crippen LogP contribution in [0.25, 0.3) is 0 Å². The molecule has 0 unspecified atom stereocenters. The summed E-state index contributed by atoms with van der Waals surface area (Å²) in [4.78, 5) is 0. The Labute approximate surface area is 90.2 Å². The van der Waals surface area contributed by atoms with Crippen molar-refractivity contribution in [2.24, 2.45) is 11.5 Å². The van der Waals surface area contributed by atoms with E-state index in [9.17, 15) is 0 Å². The number of methoxy groups -OCH3 is 2. The lowest BCUT2D eigenvalue weighted by molar-refractivity contribution is 0.349. The smallest absolute Gasteiger partial charge is 0.165 e. The van der Waals surface area contributed by atoms with Crippen LogP contribution < -0.4 is 20.9 Å².